The van der Waals surface area contributed by atoms with Gasteiger partial charge in [0.15, 0.2) is 0 Å². The van der Waals surface area contributed by atoms with Crippen molar-refractivity contribution in [3.8, 4) is 11.3 Å². The average Bonchev–Trinajstić information content (AvgIpc) is 2.97. The van der Waals surface area contributed by atoms with Crippen molar-refractivity contribution < 1.29 is 9.32 Å². The van der Waals surface area contributed by atoms with Crippen LogP contribution in [0.3, 0.4) is 0 Å². The van der Waals surface area contributed by atoms with Crippen LogP contribution in [-0.2, 0) is 6.42 Å². The number of benzene rings is 2. The lowest BCUT2D eigenvalue weighted by Gasteiger charge is -2.10. The van der Waals surface area contributed by atoms with Gasteiger partial charge in [-0.2, -0.15) is 0 Å². The summed E-state index contributed by atoms with van der Waals surface area (Å²) >= 11 is 3.44. The second kappa shape index (κ2) is 7.01. The van der Waals surface area contributed by atoms with E-state index >= 15 is 0 Å². The minimum Gasteiger partial charge on any atom is -0.360 e. The number of rotatable bonds is 4. The van der Waals surface area contributed by atoms with Crippen LogP contribution in [-0.4, -0.2) is 11.1 Å². The molecule has 4 nitrogen and oxygen atoms in total. The van der Waals surface area contributed by atoms with Gasteiger partial charge in [-0.05, 0) is 37.1 Å². The van der Waals surface area contributed by atoms with Crippen LogP contribution in [0.15, 0.2) is 57.5 Å². The molecule has 2 aromatic carbocycles. The normalized spacial score (nSPS) is 10.6. The first-order valence-electron chi connectivity index (χ1n) is 7.71. The van der Waals surface area contributed by atoms with Crippen LogP contribution in [0.2, 0.25) is 0 Å². The van der Waals surface area contributed by atoms with Gasteiger partial charge in [-0.15, -0.1) is 0 Å². The molecule has 0 aliphatic rings. The van der Waals surface area contributed by atoms with Crippen LogP contribution in [0.5, 0.6) is 0 Å². The highest BCUT2D eigenvalue weighted by Crippen LogP contribution is 2.28. The van der Waals surface area contributed by atoms with Crippen molar-refractivity contribution in [2.75, 3.05) is 5.32 Å². The number of para-hydroxylation sites is 1. The molecule has 0 saturated carbocycles. The molecular weight excluding hydrogens is 368 g/mol. The minimum absolute atomic E-state index is 0.218. The molecule has 0 bridgehead atoms. The van der Waals surface area contributed by atoms with Gasteiger partial charge >= 0.3 is 0 Å². The summed E-state index contributed by atoms with van der Waals surface area (Å²) in [5, 5.41) is 7.05. The third-order valence-corrected chi connectivity index (χ3v) is 4.33. The average molecular weight is 385 g/mol. The van der Waals surface area contributed by atoms with E-state index < -0.39 is 0 Å². The summed E-state index contributed by atoms with van der Waals surface area (Å²) < 4.78 is 6.20. The SMILES string of the molecule is CCc1ccccc1NC(=O)c1c(-c2cccc(Br)c2)noc1C. The molecule has 0 radical (unpaired) electrons. The Hall–Kier alpha value is -2.40. The molecule has 1 N–H and O–H groups in total. The molecule has 3 aromatic rings. The lowest BCUT2D eigenvalue weighted by atomic mass is 10.0. The summed E-state index contributed by atoms with van der Waals surface area (Å²) in [5.41, 5.74) is 3.73. The number of hydrogen-bond acceptors (Lipinski definition) is 3. The first-order chi connectivity index (χ1) is 11.6. The number of carbonyl (C=O) groups excluding carboxylic acids is 1. The van der Waals surface area contributed by atoms with E-state index in [4.69, 9.17) is 4.52 Å². The second-order valence-corrected chi connectivity index (χ2v) is 6.35. The van der Waals surface area contributed by atoms with Crippen molar-refractivity contribution in [3.05, 3.63) is 69.9 Å². The first kappa shape index (κ1) is 16.5. The summed E-state index contributed by atoms with van der Waals surface area (Å²) in [7, 11) is 0. The van der Waals surface area contributed by atoms with Gasteiger partial charge < -0.3 is 9.84 Å². The van der Waals surface area contributed by atoms with Crippen molar-refractivity contribution in [1.29, 1.82) is 0 Å². The molecular formula is C19H17BrN2O2. The molecule has 0 aliphatic carbocycles. The zero-order valence-corrected chi connectivity index (χ0v) is 15.1. The van der Waals surface area contributed by atoms with Crippen molar-refractivity contribution in [2.24, 2.45) is 0 Å². The minimum atomic E-state index is -0.218. The Labute approximate surface area is 149 Å². The number of hydrogen-bond donors (Lipinski definition) is 1. The van der Waals surface area contributed by atoms with E-state index in [-0.39, 0.29) is 5.91 Å². The summed E-state index contributed by atoms with van der Waals surface area (Å²) in [6.07, 6.45) is 0.845. The molecule has 0 saturated heterocycles. The molecule has 0 unspecified atom stereocenters. The van der Waals surface area contributed by atoms with Gasteiger partial charge in [0.1, 0.15) is 17.0 Å². The molecule has 0 aliphatic heterocycles. The van der Waals surface area contributed by atoms with Crippen LogP contribution >= 0.6 is 15.9 Å². The highest BCUT2D eigenvalue weighted by molar-refractivity contribution is 9.10. The van der Waals surface area contributed by atoms with Crippen LogP contribution in [0.25, 0.3) is 11.3 Å². The Kier molecular flexibility index (Phi) is 4.81. The van der Waals surface area contributed by atoms with E-state index in [0.29, 0.717) is 17.0 Å². The predicted molar refractivity (Wildman–Crippen MR) is 98.1 cm³/mol. The number of amides is 1. The molecule has 3 rings (SSSR count). The van der Waals surface area contributed by atoms with Gasteiger partial charge in [0.05, 0.1) is 0 Å². The number of carbonyl (C=O) groups is 1. The Morgan fingerprint density at radius 2 is 2.00 bits per heavy atom. The summed E-state index contributed by atoms with van der Waals surface area (Å²) in [5.74, 6) is 0.279. The van der Waals surface area contributed by atoms with Crippen LogP contribution in [0.1, 0.15) is 28.6 Å². The maximum atomic E-state index is 12.8. The molecule has 1 aromatic heterocycles. The van der Waals surface area contributed by atoms with E-state index in [1.54, 1.807) is 6.92 Å². The van der Waals surface area contributed by atoms with Gasteiger partial charge in [-0.1, -0.05) is 58.3 Å². The topological polar surface area (TPSA) is 55.1 Å². The molecule has 5 heteroatoms. The summed E-state index contributed by atoms with van der Waals surface area (Å²) in [6.45, 7) is 3.80. The van der Waals surface area contributed by atoms with Gasteiger partial charge in [0.25, 0.3) is 5.91 Å². The van der Waals surface area contributed by atoms with E-state index in [2.05, 4.69) is 33.3 Å². The number of aryl methyl sites for hydroxylation is 2. The standard InChI is InChI=1S/C19H17BrN2O2/c1-3-13-7-4-5-10-16(13)21-19(23)17-12(2)24-22-18(17)14-8-6-9-15(20)11-14/h4-11H,3H2,1-2H3,(H,21,23). The highest BCUT2D eigenvalue weighted by Gasteiger charge is 2.22. The number of nitrogens with one attached hydrogen (secondary N) is 1. The zero-order valence-electron chi connectivity index (χ0n) is 13.5. The third-order valence-electron chi connectivity index (χ3n) is 3.83. The van der Waals surface area contributed by atoms with Crippen molar-refractivity contribution in [2.45, 2.75) is 20.3 Å². The number of anilines is 1. The molecule has 24 heavy (non-hydrogen) atoms. The highest BCUT2D eigenvalue weighted by atomic mass is 79.9. The molecule has 0 fully saturated rings. The lowest BCUT2D eigenvalue weighted by molar-refractivity contribution is 0.102. The predicted octanol–water partition coefficient (Wildman–Crippen LogP) is 5.23. The smallest absolute Gasteiger partial charge is 0.261 e. The Morgan fingerprint density at radius 1 is 1.21 bits per heavy atom. The quantitative estimate of drug-likeness (QED) is 0.669. The van der Waals surface area contributed by atoms with Crippen LogP contribution in [0, 0.1) is 6.92 Å². The number of nitrogens with zero attached hydrogens (tertiary/aromatic N) is 1. The molecule has 0 atom stereocenters. The molecule has 1 amide bonds. The first-order valence-corrected chi connectivity index (χ1v) is 8.51. The Bertz CT molecular complexity index is 887. The van der Waals surface area contributed by atoms with Crippen LogP contribution < -0.4 is 5.32 Å². The molecule has 1 heterocycles. The van der Waals surface area contributed by atoms with Gasteiger partial charge in [0.2, 0.25) is 0 Å². The van der Waals surface area contributed by atoms with Gasteiger partial charge in [-0.25, -0.2) is 0 Å². The van der Waals surface area contributed by atoms with Crippen LogP contribution in [0.4, 0.5) is 5.69 Å². The lowest BCUT2D eigenvalue weighted by Crippen LogP contribution is -2.14. The maximum Gasteiger partial charge on any atom is 0.261 e. The van der Waals surface area contributed by atoms with E-state index in [0.717, 1.165) is 27.7 Å². The molecule has 0 spiro atoms. The van der Waals surface area contributed by atoms with E-state index in [1.165, 1.54) is 0 Å². The van der Waals surface area contributed by atoms with E-state index in [1.807, 2.05) is 48.5 Å². The van der Waals surface area contributed by atoms with Crippen molar-refractivity contribution >= 4 is 27.5 Å². The zero-order chi connectivity index (χ0) is 17.1. The largest absolute Gasteiger partial charge is 0.360 e. The Balaban J connectivity index is 1.98. The van der Waals surface area contributed by atoms with Crippen molar-refractivity contribution in [3.63, 3.8) is 0 Å². The second-order valence-electron chi connectivity index (χ2n) is 5.44. The third kappa shape index (κ3) is 3.26. The monoisotopic (exact) mass is 384 g/mol. The maximum absolute atomic E-state index is 12.8. The van der Waals surface area contributed by atoms with Gasteiger partial charge in [-0.3, -0.25) is 4.79 Å². The Morgan fingerprint density at radius 3 is 2.75 bits per heavy atom. The summed E-state index contributed by atoms with van der Waals surface area (Å²) in [6, 6.07) is 15.4. The number of aromatic nitrogens is 1. The van der Waals surface area contributed by atoms with Gasteiger partial charge in [0, 0.05) is 15.7 Å². The summed E-state index contributed by atoms with van der Waals surface area (Å²) in [4.78, 5) is 12.8. The van der Waals surface area contributed by atoms with E-state index in [9.17, 15) is 4.79 Å². The number of halogens is 1. The fourth-order valence-electron chi connectivity index (χ4n) is 2.61. The fourth-order valence-corrected chi connectivity index (χ4v) is 3.01. The molecule has 122 valence electrons. The van der Waals surface area contributed by atoms with Crippen molar-refractivity contribution in [1.82, 2.24) is 5.16 Å². The fraction of sp³-hybridized carbons (Fsp3) is 0.158.